The molecule has 1 aliphatic rings. The molecule has 8 nitrogen and oxygen atoms in total. The van der Waals surface area contributed by atoms with E-state index in [4.69, 9.17) is 5.11 Å². The lowest BCUT2D eigenvalue weighted by atomic mass is 9.93. The molecule has 0 saturated heterocycles. The number of alkyl halides is 3. The fourth-order valence-electron chi connectivity index (χ4n) is 2.64. The Kier molecular flexibility index (Phi) is 6.17. The molecule has 0 heterocycles. The van der Waals surface area contributed by atoms with Crippen LogP contribution in [0.5, 0.6) is 11.5 Å². The van der Waals surface area contributed by atoms with Gasteiger partial charge in [-0.15, -0.1) is 0 Å². The normalized spacial score (nSPS) is 13.8. The van der Waals surface area contributed by atoms with Crippen molar-refractivity contribution in [1.82, 2.24) is 10.2 Å². The quantitative estimate of drug-likeness (QED) is 0.624. The highest BCUT2D eigenvalue weighted by molar-refractivity contribution is 6.14. The van der Waals surface area contributed by atoms with Crippen LogP contribution in [0.15, 0.2) is 6.07 Å². The summed E-state index contributed by atoms with van der Waals surface area (Å²) in [6.07, 6.45) is -4.33. The maximum absolute atomic E-state index is 13.5. The molecular weight excluding hydrogens is 385 g/mol. The van der Waals surface area contributed by atoms with Crippen molar-refractivity contribution in [3.63, 3.8) is 0 Å². The fraction of sp³-hybridized carbons (Fsp3) is 0.471. The summed E-state index contributed by atoms with van der Waals surface area (Å²) in [6.45, 7) is -0.721. The molecule has 1 aromatic carbocycles. The number of benzene rings is 1. The molecule has 28 heavy (non-hydrogen) atoms. The van der Waals surface area contributed by atoms with E-state index in [1.165, 1.54) is 11.9 Å². The van der Waals surface area contributed by atoms with Crippen molar-refractivity contribution in [3.05, 3.63) is 22.8 Å². The number of carbonyl (C=O) groups is 3. The van der Waals surface area contributed by atoms with Crippen molar-refractivity contribution in [1.29, 1.82) is 0 Å². The molecule has 0 bridgehead atoms. The van der Waals surface area contributed by atoms with Crippen molar-refractivity contribution in [2.75, 3.05) is 20.8 Å². The van der Waals surface area contributed by atoms with E-state index in [-0.39, 0.29) is 6.04 Å². The van der Waals surface area contributed by atoms with Gasteiger partial charge in [0.05, 0.1) is 30.4 Å². The van der Waals surface area contributed by atoms with Crippen molar-refractivity contribution in [2.45, 2.75) is 31.5 Å². The highest BCUT2D eigenvalue weighted by Crippen LogP contribution is 2.42. The summed E-state index contributed by atoms with van der Waals surface area (Å²) in [4.78, 5) is 38.0. The fourth-order valence-corrected chi connectivity index (χ4v) is 2.64. The Morgan fingerprint density at radius 1 is 1.29 bits per heavy atom. The van der Waals surface area contributed by atoms with Gasteiger partial charge in [0.1, 0.15) is 0 Å². The average molecular weight is 404 g/mol. The lowest BCUT2D eigenvalue weighted by molar-refractivity contribution is -0.138. The summed E-state index contributed by atoms with van der Waals surface area (Å²) >= 11 is 0. The Morgan fingerprint density at radius 3 is 2.36 bits per heavy atom. The number of amides is 3. The number of aromatic hydroxyl groups is 1. The molecule has 3 amide bonds. The number of ketones is 1. The van der Waals surface area contributed by atoms with Gasteiger partial charge >= 0.3 is 12.2 Å². The molecule has 1 saturated carbocycles. The number of aliphatic hydroxyl groups excluding tert-OH is 1. The molecule has 1 aromatic rings. The first-order chi connectivity index (χ1) is 13.0. The number of halogens is 3. The van der Waals surface area contributed by atoms with Crippen LogP contribution in [-0.2, 0) is 6.18 Å². The minimum absolute atomic E-state index is 0.116. The number of ether oxygens (including phenoxy) is 1. The number of phenols is 1. The number of Topliss-reactive ketones (excluding diaryl/α,β-unsaturated/α-hetero) is 1. The number of hydrogen-bond acceptors (Lipinski definition) is 6. The van der Waals surface area contributed by atoms with Gasteiger partial charge in [-0.05, 0) is 18.9 Å². The topological polar surface area (TPSA) is 116 Å². The van der Waals surface area contributed by atoms with Gasteiger partial charge in [0.2, 0.25) is 0 Å². The molecule has 1 fully saturated rings. The molecule has 2 rings (SSSR count). The van der Waals surface area contributed by atoms with Crippen LogP contribution in [0, 0.1) is 0 Å². The third kappa shape index (κ3) is 4.35. The summed E-state index contributed by atoms with van der Waals surface area (Å²) < 4.78 is 45.3. The highest BCUT2D eigenvalue weighted by atomic mass is 19.4. The number of imide groups is 1. The monoisotopic (exact) mass is 404 g/mol. The van der Waals surface area contributed by atoms with Crippen molar-refractivity contribution < 1.29 is 42.5 Å². The highest BCUT2D eigenvalue weighted by Gasteiger charge is 2.41. The molecule has 0 radical (unpaired) electrons. The number of urea groups is 1. The molecule has 154 valence electrons. The largest absolute Gasteiger partial charge is 0.504 e. The molecule has 0 unspecified atom stereocenters. The minimum atomic E-state index is -5.09. The number of carbonyl (C=O) groups excluding carboxylic acids is 3. The van der Waals surface area contributed by atoms with Crippen molar-refractivity contribution >= 4 is 17.7 Å². The summed E-state index contributed by atoms with van der Waals surface area (Å²) in [5.41, 5.74) is -3.73. The lowest BCUT2D eigenvalue weighted by Crippen LogP contribution is -2.42. The van der Waals surface area contributed by atoms with E-state index < -0.39 is 65.1 Å². The number of nitrogens with one attached hydrogen (secondary N) is 1. The van der Waals surface area contributed by atoms with Crippen LogP contribution in [0.1, 0.15) is 45.5 Å². The maximum atomic E-state index is 13.5. The predicted molar refractivity (Wildman–Crippen MR) is 89.3 cm³/mol. The van der Waals surface area contributed by atoms with E-state index in [2.05, 4.69) is 4.74 Å². The van der Waals surface area contributed by atoms with Crippen LogP contribution in [0.25, 0.3) is 0 Å². The van der Waals surface area contributed by atoms with Gasteiger partial charge in [0.15, 0.2) is 17.3 Å². The molecule has 11 heteroatoms. The Bertz CT molecular complexity index is 805. The van der Waals surface area contributed by atoms with E-state index in [9.17, 15) is 32.7 Å². The standard InChI is InChI=1S/C17H19F3N2O6/c1-22(8-3-4-8)16(27)21-15(26)12-9(17(18,19)20)7-11(28-2)14(25)13(12)10(24)5-6-23/h7-8,23,25H,3-6H2,1-2H3,(H,21,26,27). The Balaban J connectivity index is 2.60. The van der Waals surface area contributed by atoms with Gasteiger partial charge in [-0.1, -0.05) is 0 Å². The number of aliphatic hydroxyl groups is 1. The van der Waals surface area contributed by atoms with Gasteiger partial charge in [-0.3, -0.25) is 14.9 Å². The zero-order chi connectivity index (χ0) is 21.2. The van der Waals surface area contributed by atoms with Crippen LogP contribution in [-0.4, -0.2) is 59.6 Å². The second kappa shape index (κ2) is 8.05. The smallest absolute Gasteiger partial charge is 0.417 e. The SMILES string of the molecule is COc1cc(C(F)(F)F)c(C(=O)NC(=O)N(C)C2CC2)c(C(=O)CCO)c1O. The van der Waals surface area contributed by atoms with Crippen LogP contribution < -0.4 is 10.1 Å². The van der Waals surface area contributed by atoms with Gasteiger partial charge < -0.3 is 19.8 Å². The van der Waals surface area contributed by atoms with E-state index in [0.717, 1.165) is 7.11 Å². The number of phenolic OH excluding ortho intramolecular Hbond substituents is 1. The predicted octanol–water partition coefficient (Wildman–Crippen LogP) is 1.93. The van der Waals surface area contributed by atoms with E-state index in [0.29, 0.717) is 18.9 Å². The van der Waals surface area contributed by atoms with E-state index in [1.54, 1.807) is 0 Å². The zero-order valence-electron chi connectivity index (χ0n) is 15.1. The summed E-state index contributed by atoms with van der Waals surface area (Å²) in [5.74, 6) is -4.27. The molecule has 0 spiro atoms. The first-order valence-electron chi connectivity index (χ1n) is 8.26. The number of hydrogen-bond donors (Lipinski definition) is 3. The Morgan fingerprint density at radius 2 is 1.89 bits per heavy atom. The minimum Gasteiger partial charge on any atom is -0.504 e. The molecular formula is C17H19F3N2O6. The first kappa shape index (κ1) is 21.5. The maximum Gasteiger partial charge on any atom is 0.417 e. The van der Waals surface area contributed by atoms with Crippen LogP contribution >= 0.6 is 0 Å². The molecule has 0 atom stereocenters. The number of rotatable bonds is 6. The van der Waals surface area contributed by atoms with E-state index >= 15 is 0 Å². The Labute approximate surface area is 157 Å². The first-order valence-corrected chi connectivity index (χ1v) is 8.26. The number of nitrogens with zero attached hydrogens (tertiary/aromatic N) is 1. The third-order valence-electron chi connectivity index (χ3n) is 4.27. The van der Waals surface area contributed by atoms with Crippen LogP contribution in [0.3, 0.4) is 0 Å². The van der Waals surface area contributed by atoms with Crippen molar-refractivity contribution in [3.8, 4) is 11.5 Å². The summed E-state index contributed by atoms with van der Waals surface area (Å²) in [6, 6.07) is -0.680. The van der Waals surface area contributed by atoms with Gasteiger partial charge in [-0.25, -0.2) is 4.79 Å². The van der Waals surface area contributed by atoms with Gasteiger partial charge in [-0.2, -0.15) is 13.2 Å². The van der Waals surface area contributed by atoms with Gasteiger partial charge in [0, 0.05) is 19.5 Å². The summed E-state index contributed by atoms with van der Waals surface area (Å²) in [5, 5.41) is 20.9. The third-order valence-corrected chi connectivity index (χ3v) is 4.27. The molecule has 1 aliphatic carbocycles. The average Bonchev–Trinajstić information content (AvgIpc) is 3.44. The number of methoxy groups -OCH3 is 1. The van der Waals surface area contributed by atoms with E-state index in [1.807, 2.05) is 5.32 Å². The second-order valence-electron chi connectivity index (χ2n) is 6.22. The summed E-state index contributed by atoms with van der Waals surface area (Å²) in [7, 11) is 2.36. The zero-order valence-corrected chi connectivity index (χ0v) is 15.1. The molecule has 0 aromatic heterocycles. The van der Waals surface area contributed by atoms with Crippen LogP contribution in [0.4, 0.5) is 18.0 Å². The second-order valence-corrected chi connectivity index (χ2v) is 6.22. The van der Waals surface area contributed by atoms with Crippen LogP contribution in [0.2, 0.25) is 0 Å². The molecule has 0 aliphatic heterocycles. The lowest BCUT2D eigenvalue weighted by Gasteiger charge is -2.21. The van der Waals surface area contributed by atoms with Gasteiger partial charge in [0.25, 0.3) is 5.91 Å². The Hall–Kier alpha value is -2.82. The molecule has 3 N–H and O–H groups in total. The van der Waals surface area contributed by atoms with Crippen molar-refractivity contribution in [2.24, 2.45) is 0 Å².